The highest BCUT2D eigenvalue weighted by Gasteiger charge is 2.12. The maximum atomic E-state index is 13.4. The summed E-state index contributed by atoms with van der Waals surface area (Å²) in [4.78, 5) is 21.4. The van der Waals surface area contributed by atoms with E-state index in [-0.39, 0.29) is 11.4 Å². The second kappa shape index (κ2) is 8.91. The molecule has 156 valence electrons. The Morgan fingerprint density at radius 3 is 2.83 bits per heavy atom. The SMILES string of the molecule is CCN(CCNCCNc1nc2ccccc2c(=O)[nH]1)c1n[nH]c2cc(F)ccc12. The lowest BCUT2D eigenvalue weighted by molar-refractivity contribution is 0.629. The Balaban J connectivity index is 1.27. The summed E-state index contributed by atoms with van der Waals surface area (Å²) in [6, 6.07) is 11.9. The van der Waals surface area contributed by atoms with E-state index in [0.29, 0.717) is 35.5 Å². The zero-order valence-electron chi connectivity index (χ0n) is 16.7. The maximum Gasteiger partial charge on any atom is 0.260 e. The monoisotopic (exact) mass is 409 g/mol. The third kappa shape index (κ3) is 4.25. The van der Waals surface area contributed by atoms with E-state index in [1.54, 1.807) is 12.1 Å². The minimum Gasteiger partial charge on any atom is -0.354 e. The highest BCUT2D eigenvalue weighted by Crippen LogP contribution is 2.24. The molecular formula is C21H24FN7O. The van der Waals surface area contributed by atoms with Gasteiger partial charge >= 0.3 is 0 Å². The van der Waals surface area contributed by atoms with E-state index in [2.05, 4.69) is 42.6 Å². The molecule has 0 saturated carbocycles. The van der Waals surface area contributed by atoms with Gasteiger partial charge < -0.3 is 15.5 Å². The lowest BCUT2D eigenvalue weighted by atomic mass is 10.2. The maximum absolute atomic E-state index is 13.4. The van der Waals surface area contributed by atoms with Crippen LogP contribution in [0, 0.1) is 5.82 Å². The first-order valence-electron chi connectivity index (χ1n) is 9.98. The molecule has 0 bridgehead atoms. The average molecular weight is 409 g/mol. The number of anilines is 2. The molecule has 0 aliphatic rings. The fourth-order valence-corrected chi connectivity index (χ4v) is 3.41. The number of hydrogen-bond acceptors (Lipinski definition) is 6. The van der Waals surface area contributed by atoms with Crippen molar-refractivity contribution < 1.29 is 4.39 Å². The fraction of sp³-hybridized carbons (Fsp3) is 0.286. The molecule has 0 radical (unpaired) electrons. The van der Waals surface area contributed by atoms with E-state index in [4.69, 9.17) is 0 Å². The van der Waals surface area contributed by atoms with Crippen molar-refractivity contribution in [3.8, 4) is 0 Å². The average Bonchev–Trinajstić information content (AvgIpc) is 3.16. The molecule has 2 aromatic heterocycles. The number of nitrogens with one attached hydrogen (secondary N) is 4. The zero-order chi connectivity index (χ0) is 20.9. The molecule has 4 aromatic rings. The van der Waals surface area contributed by atoms with Crippen LogP contribution in [0.4, 0.5) is 16.2 Å². The number of benzene rings is 2. The second-order valence-corrected chi connectivity index (χ2v) is 6.93. The molecule has 4 N–H and O–H groups in total. The lowest BCUT2D eigenvalue weighted by Crippen LogP contribution is -2.34. The van der Waals surface area contributed by atoms with Crippen LogP contribution in [0.5, 0.6) is 0 Å². The van der Waals surface area contributed by atoms with Crippen molar-refractivity contribution in [2.24, 2.45) is 0 Å². The van der Waals surface area contributed by atoms with Gasteiger partial charge in [0.05, 0.1) is 16.4 Å². The number of H-pyrrole nitrogens is 2. The molecule has 0 saturated heterocycles. The molecule has 0 aliphatic heterocycles. The van der Waals surface area contributed by atoms with E-state index in [1.165, 1.54) is 12.1 Å². The molecular weight excluding hydrogens is 385 g/mol. The number of fused-ring (bicyclic) bond motifs is 2. The van der Waals surface area contributed by atoms with Crippen LogP contribution in [0.25, 0.3) is 21.8 Å². The molecule has 0 spiro atoms. The molecule has 0 unspecified atom stereocenters. The number of nitrogens with zero attached hydrogens (tertiary/aromatic N) is 3. The first-order valence-corrected chi connectivity index (χ1v) is 9.98. The van der Waals surface area contributed by atoms with E-state index < -0.39 is 0 Å². The summed E-state index contributed by atoms with van der Waals surface area (Å²) in [6.45, 7) is 5.71. The fourth-order valence-electron chi connectivity index (χ4n) is 3.41. The Kier molecular flexibility index (Phi) is 5.89. The zero-order valence-corrected chi connectivity index (χ0v) is 16.7. The van der Waals surface area contributed by atoms with Gasteiger partial charge in [-0.3, -0.25) is 14.9 Å². The highest BCUT2D eigenvalue weighted by atomic mass is 19.1. The van der Waals surface area contributed by atoms with Crippen LogP contribution in [0.2, 0.25) is 0 Å². The predicted octanol–water partition coefficient (Wildman–Crippen LogP) is 2.47. The van der Waals surface area contributed by atoms with Gasteiger partial charge in [0, 0.05) is 38.1 Å². The number of hydrogen-bond donors (Lipinski definition) is 4. The Bertz CT molecular complexity index is 1200. The first kappa shape index (κ1) is 19.8. The third-order valence-electron chi connectivity index (χ3n) is 4.95. The van der Waals surface area contributed by atoms with Crippen molar-refractivity contribution in [3.05, 3.63) is 58.6 Å². The molecule has 2 heterocycles. The largest absolute Gasteiger partial charge is 0.354 e. The van der Waals surface area contributed by atoms with Crippen LogP contribution in [0.3, 0.4) is 0 Å². The molecule has 2 aromatic carbocycles. The molecule has 0 aliphatic carbocycles. The minimum atomic E-state index is -0.280. The summed E-state index contributed by atoms with van der Waals surface area (Å²) in [6.07, 6.45) is 0. The van der Waals surface area contributed by atoms with Gasteiger partial charge in [0.25, 0.3) is 5.56 Å². The Hall–Kier alpha value is -3.46. The third-order valence-corrected chi connectivity index (χ3v) is 4.95. The Labute approximate surface area is 172 Å². The second-order valence-electron chi connectivity index (χ2n) is 6.93. The highest BCUT2D eigenvalue weighted by molar-refractivity contribution is 5.90. The smallest absolute Gasteiger partial charge is 0.260 e. The molecule has 9 heteroatoms. The number of aromatic amines is 2. The van der Waals surface area contributed by atoms with Crippen LogP contribution in [-0.4, -0.2) is 52.9 Å². The molecule has 30 heavy (non-hydrogen) atoms. The van der Waals surface area contributed by atoms with Gasteiger partial charge in [-0.2, -0.15) is 5.10 Å². The summed E-state index contributed by atoms with van der Waals surface area (Å²) in [5.74, 6) is 1.01. The van der Waals surface area contributed by atoms with Gasteiger partial charge in [-0.15, -0.1) is 0 Å². The summed E-state index contributed by atoms with van der Waals surface area (Å²) in [5, 5.41) is 15.2. The summed E-state index contributed by atoms with van der Waals surface area (Å²) < 4.78 is 13.4. The van der Waals surface area contributed by atoms with Crippen molar-refractivity contribution >= 4 is 33.6 Å². The number of halogens is 1. The number of likely N-dealkylation sites (N-methyl/N-ethyl adjacent to an activating group) is 1. The molecule has 0 amide bonds. The van der Waals surface area contributed by atoms with E-state index in [9.17, 15) is 9.18 Å². The van der Waals surface area contributed by atoms with Crippen LogP contribution in [-0.2, 0) is 0 Å². The Morgan fingerprint density at radius 1 is 1.10 bits per heavy atom. The molecule has 8 nitrogen and oxygen atoms in total. The van der Waals surface area contributed by atoms with Crippen molar-refractivity contribution in [2.45, 2.75) is 6.92 Å². The van der Waals surface area contributed by atoms with E-state index in [1.807, 2.05) is 18.2 Å². The summed E-state index contributed by atoms with van der Waals surface area (Å²) >= 11 is 0. The summed E-state index contributed by atoms with van der Waals surface area (Å²) in [5.41, 5.74) is 1.21. The predicted molar refractivity (Wildman–Crippen MR) is 118 cm³/mol. The first-order chi connectivity index (χ1) is 14.7. The van der Waals surface area contributed by atoms with Gasteiger partial charge in [0.1, 0.15) is 5.82 Å². The lowest BCUT2D eigenvalue weighted by Gasteiger charge is -2.21. The van der Waals surface area contributed by atoms with Gasteiger partial charge in [-0.1, -0.05) is 12.1 Å². The standard InChI is InChI=1S/C21H24FN7O/c1-2-29(19-15-8-7-14(22)13-18(15)27-28-19)12-11-23-9-10-24-21-25-17-6-4-3-5-16(17)20(30)26-21/h3-8,13,23H,2,9-12H2,1H3,(H,27,28)(H2,24,25,26,30). The van der Waals surface area contributed by atoms with E-state index in [0.717, 1.165) is 30.8 Å². The number of aromatic nitrogens is 4. The van der Waals surface area contributed by atoms with Crippen molar-refractivity contribution in [2.75, 3.05) is 42.9 Å². The molecule has 0 fully saturated rings. The van der Waals surface area contributed by atoms with Gasteiger partial charge in [0.15, 0.2) is 5.82 Å². The quantitative estimate of drug-likeness (QED) is 0.317. The van der Waals surface area contributed by atoms with E-state index >= 15 is 0 Å². The van der Waals surface area contributed by atoms with Crippen molar-refractivity contribution in [1.82, 2.24) is 25.5 Å². The molecule has 0 atom stereocenters. The van der Waals surface area contributed by atoms with Crippen LogP contribution < -0.4 is 21.1 Å². The Morgan fingerprint density at radius 2 is 1.97 bits per heavy atom. The van der Waals surface area contributed by atoms with Gasteiger partial charge in [-0.05, 0) is 37.3 Å². The van der Waals surface area contributed by atoms with Crippen LogP contribution >= 0.6 is 0 Å². The van der Waals surface area contributed by atoms with Gasteiger partial charge in [-0.25, -0.2) is 9.37 Å². The number of para-hydroxylation sites is 1. The number of rotatable bonds is 9. The van der Waals surface area contributed by atoms with Crippen LogP contribution in [0.1, 0.15) is 6.92 Å². The normalized spacial score (nSPS) is 11.3. The van der Waals surface area contributed by atoms with Crippen molar-refractivity contribution in [3.63, 3.8) is 0 Å². The van der Waals surface area contributed by atoms with Gasteiger partial charge in [0.2, 0.25) is 5.95 Å². The minimum absolute atomic E-state index is 0.152. The topological polar surface area (TPSA) is 102 Å². The molecule has 4 rings (SSSR count). The van der Waals surface area contributed by atoms with Crippen molar-refractivity contribution in [1.29, 1.82) is 0 Å². The summed E-state index contributed by atoms with van der Waals surface area (Å²) in [7, 11) is 0. The van der Waals surface area contributed by atoms with Crippen LogP contribution in [0.15, 0.2) is 47.3 Å².